The zero-order chi connectivity index (χ0) is 11.1. The molecule has 4 heteroatoms. The summed E-state index contributed by atoms with van der Waals surface area (Å²) in [5.41, 5.74) is 5.68. The molecule has 0 rings (SSSR count). The first-order valence-electron chi connectivity index (χ1n) is 5.13. The molecule has 14 heavy (non-hydrogen) atoms. The van der Waals surface area contributed by atoms with E-state index in [0.29, 0.717) is 6.54 Å². The number of nitrogens with two attached hydrogens (primary N) is 1. The van der Waals surface area contributed by atoms with Crippen molar-refractivity contribution in [3.8, 4) is 0 Å². The minimum absolute atomic E-state index is 0.0428. The van der Waals surface area contributed by atoms with Crippen LogP contribution in [0.2, 0.25) is 0 Å². The Labute approximate surface area is 86.8 Å². The van der Waals surface area contributed by atoms with Crippen molar-refractivity contribution in [3.63, 3.8) is 0 Å². The van der Waals surface area contributed by atoms with Gasteiger partial charge in [0.2, 0.25) is 5.91 Å². The van der Waals surface area contributed by atoms with Crippen LogP contribution in [0.3, 0.4) is 0 Å². The van der Waals surface area contributed by atoms with Crippen LogP contribution in [-0.4, -0.2) is 44.0 Å². The molecule has 1 atom stereocenters. The van der Waals surface area contributed by atoms with Crippen molar-refractivity contribution in [1.29, 1.82) is 0 Å². The predicted octanol–water partition coefficient (Wildman–Crippen LogP) is 0.0376. The molecule has 4 nitrogen and oxygen atoms in total. The van der Waals surface area contributed by atoms with Crippen LogP contribution >= 0.6 is 0 Å². The lowest BCUT2D eigenvalue weighted by Crippen LogP contribution is -2.44. The van der Waals surface area contributed by atoms with E-state index in [1.807, 2.05) is 27.9 Å². The van der Waals surface area contributed by atoms with Gasteiger partial charge in [-0.25, -0.2) is 0 Å². The van der Waals surface area contributed by atoms with Crippen LogP contribution in [0, 0.1) is 5.92 Å². The molecule has 0 aromatic rings. The third-order valence-electron chi connectivity index (χ3n) is 2.10. The molecule has 0 aromatic heterocycles. The van der Waals surface area contributed by atoms with E-state index >= 15 is 0 Å². The van der Waals surface area contributed by atoms with Gasteiger partial charge >= 0.3 is 0 Å². The quantitative estimate of drug-likeness (QED) is 0.596. The summed E-state index contributed by atoms with van der Waals surface area (Å²) < 4.78 is 0. The molecule has 0 saturated carbocycles. The summed E-state index contributed by atoms with van der Waals surface area (Å²) in [4.78, 5) is 13.5. The smallest absolute Gasteiger partial charge is 0.237 e. The van der Waals surface area contributed by atoms with Crippen LogP contribution in [0.4, 0.5) is 0 Å². The molecule has 3 N–H and O–H groups in total. The first-order valence-corrected chi connectivity index (χ1v) is 5.13. The van der Waals surface area contributed by atoms with Crippen LogP contribution in [0.15, 0.2) is 0 Å². The number of rotatable bonds is 6. The molecule has 0 radical (unpaired) electrons. The molecule has 0 saturated heterocycles. The van der Waals surface area contributed by atoms with Gasteiger partial charge in [-0.05, 0) is 33.0 Å². The number of nitrogens with zero attached hydrogens (tertiary/aromatic N) is 1. The van der Waals surface area contributed by atoms with Gasteiger partial charge in [0.1, 0.15) is 0 Å². The highest BCUT2D eigenvalue weighted by Gasteiger charge is 2.15. The van der Waals surface area contributed by atoms with Crippen LogP contribution in [0.5, 0.6) is 0 Å². The minimum Gasteiger partial charge on any atom is -0.355 e. The van der Waals surface area contributed by atoms with Crippen molar-refractivity contribution >= 4 is 5.91 Å². The van der Waals surface area contributed by atoms with Gasteiger partial charge in [-0.15, -0.1) is 0 Å². The first kappa shape index (κ1) is 13.4. The SMILES string of the molecule is CC(C)C(N)C(=O)NCCCN(C)C. The van der Waals surface area contributed by atoms with Crippen LogP contribution in [-0.2, 0) is 4.79 Å². The van der Waals surface area contributed by atoms with Crippen LogP contribution < -0.4 is 11.1 Å². The second-order valence-corrected chi connectivity index (χ2v) is 4.22. The lowest BCUT2D eigenvalue weighted by atomic mass is 10.1. The summed E-state index contributed by atoms with van der Waals surface area (Å²) in [5.74, 6) is 0.155. The Hall–Kier alpha value is -0.610. The topological polar surface area (TPSA) is 58.4 Å². The Balaban J connectivity index is 3.54. The normalized spacial score (nSPS) is 13.4. The average molecular weight is 201 g/mol. The molecule has 0 aliphatic rings. The summed E-state index contributed by atoms with van der Waals surface area (Å²) in [6, 6.07) is -0.380. The van der Waals surface area contributed by atoms with Crippen molar-refractivity contribution in [2.45, 2.75) is 26.3 Å². The van der Waals surface area contributed by atoms with Gasteiger partial charge in [0, 0.05) is 6.54 Å². The fourth-order valence-electron chi connectivity index (χ4n) is 1.03. The molecular formula is C10H23N3O. The Bertz CT molecular complexity index is 169. The van der Waals surface area contributed by atoms with E-state index in [4.69, 9.17) is 5.73 Å². The van der Waals surface area contributed by atoms with E-state index < -0.39 is 0 Å². The van der Waals surface area contributed by atoms with Crippen LogP contribution in [0.25, 0.3) is 0 Å². The Kier molecular flexibility index (Phi) is 6.49. The minimum atomic E-state index is -0.380. The van der Waals surface area contributed by atoms with Gasteiger partial charge in [0.05, 0.1) is 6.04 Å². The summed E-state index contributed by atoms with van der Waals surface area (Å²) in [5, 5.41) is 2.83. The summed E-state index contributed by atoms with van der Waals surface area (Å²) in [6.45, 7) is 5.59. The number of nitrogens with one attached hydrogen (secondary N) is 1. The van der Waals surface area contributed by atoms with Gasteiger partial charge in [0.15, 0.2) is 0 Å². The molecular weight excluding hydrogens is 178 g/mol. The zero-order valence-electron chi connectivity index (χ0n) is 9.71. The summed E-state index contributed by atoms with van der Waals surface area (Å²) in [6.07, 6.45) is 0.962. The Morgan fingerprint density at radius 3 is 2.43 bits per heavy atom. The van der Waals surface area contributed by atoms with Gasteiger partial charge in [-0.3, -0.25) is 4.79 Å². The highest BCUT2D eigenvalue weighted by Crippen LogP contribution is 1.97. The first-order chi connectivity index (χ1) is 6.45. The predicted molar refractivity (Wildman–Crippen MR) is 59.0 cm³/mol. The third kappa shape index (κ3) is 5.94. The highest BCUT2D eigenvalue weighted by molar-refractivity contribution is 5.81. The fraction of sp³-hybridized carbons (Fsp3) is 0.900. The lowest BCUT2D eigenvalue weighted by Gasteiger charge is -2.15. The maximum absolute atomic E-state index is 11.4. The highest BCUT2D eigenvalue weighted by atomic mass is 16.2. The van der Waals surface area contributed by atoms with Crippen molar-refractivity contribution in [1.82, 2.24) is 10.2 Å². The molecule has 0 bridgehead atoms. The molecule has 0 spiro atoms. The largest absolute Gasteiger partial charge is 0.355 e. The lowest BCUT2D eigenvalue weighted by molar-refractivity contribution is -0.123. The molecule has 0 fully saturated rings. The molecule has 84 valence electrons. The molecule has 1 amide bonds. The standard InChI is InChI=1S/C10H23N3O/c1-8(2)9(11)10(14)12-6-5-7-13(3)4/h8-9H,5-7,11H2,1-4H3,(H,12,14). The van der Waals surface area contributed by atoms with Crippen molar-refractivity contribution in [3.05, 3.63) is 0 Å². The van der Waals surface area contributed by atoms with Gasteiger partial charge < -0.3 is 16.0 Å². The number of carbonyl (C=O) groups excluding carboxylic acids is 1. The van der Waals surface area contributed by atoms with Gasteiger partial charge in [0.25, 0.3) is 0 Å². The van der Waals surface area contributed by atoms with E-state index in [9.17, 15) is 4.79 Å². The van der Waals surface area contributed by atoms with E-state index in [1.54, 1.807) is 0 Å². The Morgan fingerprint density at radius 2 is 2.00 bits per heavy atom. The Morgan fingerprint density at radius 1 is 1.43 bits per heavy atom. The summed E-state index contributed by atoms with van der Waals surface area (Å²) >= 11 is 0. The molecule has 0 heterocycles. The van der Waals surface area contributed by atoms with E-state index in [1.165, 1.54) is 0 Å². The van der Waals surface area contributed by atoms with Gasteiger partial charge in [-0.1, -0.05) is 13.8 Å². The fourth-order valence-corrected chi connectivity index (χ4v) is 1.03. The van der Waals surface area contributed by atoms with E-state index in [2.05, 4.69) is 10.2 Å². The average Bonchev–Trinajstić information content (AvgIpc) is 2.10. The number of hydrogen-bond acceptors (Lipinski definition) is 3. The monoisotopic (exact) mass is 201 g/mol. The second-order valence-electron chi connectivity index (χ2n) is 4.22. The molecule has 0 aliphatic heterocycles. The zero-order valence-corrected chi connectivity index (χ0v) is 9.71. The third-order valence-corrected chi connectivity index (χ3v) is 2.10. The maximum Gasteiger partial charge on any atom is 0.237 e. The molecule has 1 unspecified atom stereocenters. The number of carbonyl (C=O) groups is 1. The second kappa shape index (κ2) is 6.79. The van der Waals surface area contributed by atoms with E-state index in [-0.39, 0.29) is 17.9 Å². The summed E-state index contributed by atoms with van der Waals surface area (Å²) in [7, 11) is 4.03. The van der Waals surface area contributed by atoms with Crippen LogP contribution in [0.1, 0.15) is 20.3 Å². The van der Waals surface area contributed by atoms with Crippen molar-refractivity contribution < 1.29 is 4.79 Å². The number of amides is 1. The van der Waals surface area contributed by atoms with Crippen molar-refractivity contribution in [2.24, 2.45) is 11.7 Å². The van der Waals surface area contributed by atoms with Crippen molar-refractivity contribution in [2.75, 3.05) is 27.2 Å². The molecule has 0 aliphatic carbocycles. The number of hydrogen-bond donors (Lipinski definition) is 2. The van der Waals surface area contributed by atoms with E-state index in [0.717, 1.165) is 13.0 Å². The maximum atomic E-state index is 11.4. The van der Waals surface area contributed by atoms with Gasteiger partial charge in [-0.2, -0.15) is 0 Å². The molecule has 0 aromatic carbocycles.